The van der Waals surface area contributed by atoms with E-state index >= 15 is 0 Å². The van der Waals surface area contributed by atoms with E-state index in [2.05, 4.69) is 5.32 Å². The Morgan fingerprint density at radius 1 is 1.29 bits per heavy atom. The van der Waals surface area contributed by atoms with Gasteiger partial charge in [-0.15, -0.1) is 0 Å². The summed E-state index contributed by atoms with van der Waals surface area (Å²) in [6.45, 7) is 4.08. The number of nitrogens with zero attached hydrogens (tertiary/aromatic N) is 1. The molecule has 1 heterocycles. The summed E-state index contributed by atoms with van der Waals surface area (Å²) >= 11 is 0. The van der Waals surface area contributed by atoms with Crippen LogP contribution in [0.1, 0.15) is 25.8 Å². The molecule has 3 N–H and O–H groups in total. The predicted molar refractivity (Wildman–Crippen MR) is 89.3 cm³/mol. The lowest BCUT2D eigenvalue weighted by Gasteiger charge is -2.15. The van der Waals surface area contributed by atoms with Gasteiger partial charge in [0.2, 0.25) is 15.9 Å². The van der Waals surface area contributed by atoms with Crippen LogP contribution in [0.5, 0.6) is 0 Å². The first-order valence-electron chi connectivity index (χ1n) is 7.65. The van der Waals surface area contributed by atoms with Crippen molar-refractivity contribution in [2.75, 3.05) is 6.54 Å². The molecule has 0 saturated carbocycles. The van der Waals surface area contributed by atoms with Gasteiger partial charge in [-0.2, -0.15) is 0 Å². The number of carbonyl (C=O) groups excluding carboxylic acids is 2. The molecule has 0 fully saturated rings. The van der Waals surface area contributed by atoms with Crippen molar-refractivity contribution in [1.82, 2.24) is 10.2 Å². The Bertz CT molecular complexity index is 769. The van der Waals surface area contributed by atoms with Crippen molar-refractivity contribution >= 4 is 22.0 Å². The molecular weight excluding hydrogens is 330 g/mol. The molecule has 1 aromatic rings. The number of nitrogens with one attached hydrogen (secondary N) is 1. The third kappa shape index (κ3) is 4.01. The van der Waals surface area contributed by atoms with E-state index in [0.717, 1.165) is 16.0 Å². The van der Waals surface area contributed by atoms with E-state index in [-0.39, 0.29) is 16.7 Å². The van der Waals surface area contributed by atoms with E-state index < -0.39 is 16.1 Å². The highest BCUT2D eigenvalue weighted by atomic mass is 32.2. The normalized spacial score (nSPS) is 17.8. The van der Waals surface area contributed by atoms with Crippen LogP contribution in [-0.2, 0) is 21.2 Å². The maximum atomic E-state index is 12.1. The van der Waals surface area contributed by atoms with Gasteiger partial charge in [0.1, 0.15) is 0 Å². The molecule has 2 rings (SSSR count). The van der Waals surface area contributed by atoms with Crippen LogP contribution in [0.3, 0.4) is 0 Å². The zero-order valence-corrected chi connectivity index (χ0v) is 14.5. The molecule has 8 heteroatoms. The Labute approximate surface area is 141 Å². The van der Waals surface area contributed by atoms with Crippen molar-refractivity contribution in [2.45, 2.75) is 31.6 Å². The maximum absolute atomic E-state index is 12.1. The Balaban J connectivity index is 1.88. The second-order valence-electron chi connectivity index (χ2n) is 5.71. The quantitative estimate of drug-likeness (QED) is 0.834. The summed E-state index contributed by atoms with van der Waals surface area (Å²) in [5.74, 6) is -0.425. The van der Waals surface area contributed by atoms with Crippen LogP contribution in [-0.4, -0.2) is 31.8 Å². The molecular formula is C16H21N3O4S. The lowest BCUT2D eigenvalue weighted by Crippen LogP contribution is -2.40. The van der Waals surface area contributed by atoms with Crippen LogP contribution in [0.15, 0.2) is 40.9 Å². The van der Waals surface area contributed by atoms with E-state index in [1.54, 1.807) is 18.3 Å². The van der Waals surface area contributed by atoms with Crippen LogP contribution in [0, 0.1) is 5.92 Å². The van der Waals surface area contributed by atoms with Crippen molar-refractivity contribution < 1.29 is 18.0 Å². The SMILES string of the molecule is CCC1C(=O)N(C(=O)NCCc2ccc(S(N)(=O)=O)cc2)C=C1C. The van der Waals surface area contributed by atoms with Crippen molar-refractivity contribution in [1.29, 1.82) is 0 Å². The monoisotopic (exact) mass is 351 g/mol. The van der Waals surface area contributed by atoms with Crippen LogP contribution < -0.4 is 10.5 Å². The largest absolute Gasteiger partial charge is 0.337 e. The van der Waals surface area contributed by atoms with Gasteiger partial charge >= 0.3 is 6.03 Å². The Morgan fingerprint density at radius 2 is 1.92 bits per heavy atom. The Kier molecular flexibility index (Phi) is 5.40. The second kappa shape index (κ2) is 7.14. The van der Waals surface area contributed by atoms with Crippen LogP contribution >= 0.6 is 0 Å². The minimum Gasteiger partial charge on any atom is -0.337 e. The molecule has 7 nitrogen and oxygen atoms in total. The minimum atomic E-state index is -3.70. The molecule has 24 heavy (non-hydrogen) atoms. The van der Waals surface area contributed by atoms with E-state index in [9.17, 15) is 18.0 Å². The molecule has 3 amide bonds. The lowest BCUT2D eigenvalue weighted by atomic mass is 10.0. The molecule has 1 atom stereocenters. The minimum absolute atomic E-state index is 0.0455. The average molecular weight is 351 g/mol. The summed E-state index contributed by atoms with van der Waals surface area (Å²) in [5.41, 5.74) is 1.74. The van der Waals surface area contributed by atoms with Gasteiger partial charge in [0.25, 0.3) is 0 Å². The number of nitrogens with two attached hydrogens (primary N) is 1. The molecule has 0 aromatic heterocycles. The molecule has 0 saturated heterocycles. The highest BCUT2D eigenvalue weighted by Gasteiger charge is 2.33. The maximum Gasteiger partial charge on any atom is 0.328 e. The van der Waals surface area contributed by atoms with E-state index in [1.807, 2.05) is 13.8 Å². The summed E-state index contributed by atoms with van der Waals surface area (Å²) < 4.78 is 22.4. The number of primary sulfonamides is 1. The van der Waals surface area contributed by atoms with Gasteiger partial charge in [-0.1, -0.05) is 19.1 Å². The molecule has 0 radical (unpaired) electrons. The molecule has 0 aliphatic carbocycles. The second-order valence-corrected chi connectivity index (χ2v) is 7.27. The fraction of sp³-hybridized carbons (Fsp3) is 0.375. The highest BCUT2D eigenvalue weighted by molar-refractivity contribution is 7.89. The zero-order chi connectivity index (χ0) is 17.9. The fourth-order valence-corrected chi connectivity index (χ4v) is 3.14. The number of carbonyl (C=O) groups is 2. The van der Waals surface area contributed by atoms with Crippen molar-refractivity contribution in [3.05, 3.63) is 41.6 Å². The summed E-state index contributed by atoms with van der Waals surface area (Å²) in [5, 5.41) is 7.73. The highest BCUT2D eigenvalue weighted by Crippen LogP contribution is 2.25. The standard InChI is InChI=1S/C16H21N3O4S/c1-3-14-11(2)10-19(15(14)20)16(21)18-9-8-12-4-6-13(7-5-12)24(17,22)23/h4-7,10,14H,3,8-9H2,1-2H3,(H,18,21)(H2,17,22,23). The van der Waals surface area contributed by atoms with Gasteiger partial charge < -0.3 is 5.32 Å². The number of benzene rings is 1. The molecule has 1 aromatic carbocycles. The van der Waals surface area contributed by atoms with E-state index in [4.69, 9.17) is 5.14 Å². The summed E-state index contributed by atoms with van der Waals surface area (Å²) in [6.07, 6.45) is 2.76. The molecule has 130 valence electrons. The number of amides is 3. The predicted octanol–water partition coefficient (Wildman–Crippen LogP) is 1.36. The van der Waals surface area contributed by atoms with Crippen molar-refractivity contribution in [3.63, 3.8) is 0 Å². The fourth-order valence-electron chi connectivity index (χ4n) is 2.62. The topological polar surface area (TPSA) is 110 Å². The number of imide groups is 1. The van der Waals surface area contributed by atoms with Gasteiger partial charge in [0, 0.05) is 12.7 Å². The number of rotatable bonds is 5. The molecule has 1 aliphatic heterocycles. The summed E-state index contributed by atoms with van der Waals surface area (Å²) in [6, 6.07) is 5.69. The molecule has 1 unspecified atom stereocenters. The first kappa shape index (κ1) is 18.2. The third-order valence-corrected chi connectivity index (χ3v) is 4.92. The molecule has 0 spiro atoms. The van der Waals surface area contributed by atoms with Gasteiger partial charge in [-0.25, -0.2) is 23.3 Å². The first-order valence-corrected chi connectivity index (χ1v) is 9.19. The van der Waals surface area contributed by atoms with Crippen molar-refractivity contribution in [2.24, 2.45) is 11.1 Å². The number of urea groups is 1. The van der Waals surface area contributed by atoms with E-state index in [0.29, 0.717) is 19.4 Å². The van der Waals surface area contributed by atoms with Gasteiger partial charge in [0.15, 0.2) is 0 Å². The number of hydrogen-bond acceptors (Lipinski definition) is 4. The van der Waals surface area contributed by atoms with Gasteiger partial charge in [0.05, 0.1) is 10.8 Å². The molecule has 0 bridgehead atoms. The number of sulfonamides is 1. The number of hydrogen-bond donors (Lipinski definition) is 2. The zero-order valence-electron chi connectivity index (χ0n) is 13.7. The van der Waals surface area contributed by atoms with Gasteiger partial charge in [-0.05, 0) is 43.0 Å². The van der Waals surface area contributed by atoms with Crippen LogP contribution in [0.2, 0.25) is 0 Å². The van der Waals surface area contributed by atoms with Crippen molar-refractivity contribution in [3.8, 4) is 0 Å². The Morgan fingerprint density at radius 3 is 2.42 bits per heavy atom. The van der Waals surface area contributed by atoms with E-state index in [1.165, 1.54) is 12.1 Å². The smallest absolute Gasteiger partial charge is 0.328 e. The Hall–Kier alpha value is -2.19. The third-order valence-electron chi connectivity index (χ3n) is 3.99. The van der Waals surface area contributed by atoms with Crippen LogP contribution in [0.25, 0.3) is 0 Å². The lowest BCUT2D eigenvalue weighted by molar-refractivity contribution is -0.127. The van der Waals surface area contributed by atoms with Gasteiger partial charge in [-0.3, -0.25) is 4.79 Å². The summed E-state index contributed by atoms with van der Waals surface area (Å²) in [4.78, 5) is 25.4. The molecule has 1 aliphatic rings. The average Bonchev–Trinajstić information content (AvgIpc) is 2.81. The first-order chi connectivity index (χ1) is 11.2. The summed E-state index contributed by atoms with van der Waals surface area (Å²) in [7, 11) is -3.70. The van der Waals surface area contributed by atoms with Crippen LogP contribution in [0.4, 0.5) is 4.79 Å².